The number of nitrogens with zero attached hydrogens (tertiary/aromatic N) is 2. The van der Waals surface area contributed by atoms with E-state index in [0.29, 0.717) is 6.04 Å². The second-order valence-electron chi connectivity index (χ2n) is 3.64. The lowest BCUT2D eigenvalue weighted by Crippen LogP contribution is -2.26. The van der Waals surface area contributed by atoms with E-state index in [1.807, 2.05) is 12.4 Å². The lowest BCUT2D eigenvalue weighted by atomic mass is 10.2. The van der Waals surface area contributed by atoms with Crippen molar-refractivity contribution in [1.29, 1.82) is 0 Å². The molecule has 0 unspecified atom stereocenters. The van der Waals surface area contributed by atoms with E-state index in [9.17, 15) is 0 Å². The molecule has 78 valence electrons. The summed E-state index contributed by atoms with van der Waals surface area (Å²) in [6.45, 7) is 3.17. The zero-order chi connectivity index (χ0) is 9.10. The van der Waals surface area contributed by atoms with Gasteiger partial charge in [0.1, 0.15) is 0 Å². The third-order valence-corrected chi connectivity index (χ3v) is 2.46. The highest BCUT2D eigenvalue weighted by atomic mass is 35.5. The molecule has 0 aromatic carbocycles. The summed E-state index contributed by atoms with van der Waals surface area (Å²) in [5, 5.41) is 0. The first-order valence-electron chi connectivity index (χ1n) is 4.71. The predicted molar refractivity (Wildman–Crippen MR) is 59.4 cm³/mol. The quantitative estimate of drug-likeness (QED) is 0.798. The van der Waals surface area contributed by atoms with Gasteiger partial charge in [-0.1, -0.05) is 0 Å². The smallest absolute Gasteiger partial charge is 0.0271 e. The zero-order valence-corrected chi connectivity index (χ0v) is 8.91. The van der Waals surface area contributed by atoms with Crippen LogP contribution >= 0.6 is 12.4 Å². The predicted octanol–water partition coefficient (Wildman–Crippen LogP) is 1.04. The van der Waals surface area contributed by atoms with Gasteiger partial charge in [0.15, 0.2) is 0 Å². The monoisotopic (exact) mass is 213 g/mol. The lowest BCUT2D eigenvalue weighted by molar-refractivity contribution is 0.327. The summed E-state index contributed by atoms with van der Waals surface area (Å²) in [7, 11) is 0. The highest BCUT2D eigenvalue weighted by Gasteiger charge is 2.18. The molecule has 0 amide bonds. The summed E-state index contributed by atoms with van der Waals surface area (Å²) in [4.78, 5) is 6.38. The number of halogens is 1. The van der Waals surface area contributed by atoms with Crippen LogP contribution in [0.15, 0.2) is 24.5 Å². The fourth-order valence-electron chi connectivity index (χ4n) is 1.75. The number of nitrogens with two attached hydrogens (primary N) is 1. The Hall–Kier alpha value is -0.640. The van der Waals surface area contributed by atoms with Crippen molar-refractivity contribution in [1.82, 2.24) is 9.88 Å². The van der Waals surface area contributed by atoms with E-state index < -0.39 is 0 Å². The van der Waals surface area contributed by atoms with Gasteiger partial charge in [0, 0.05) is 38.1 Å². The summed E-state index contributed by atoms with van der Waals surface area (Å²) >= 11 is 0. The molecule has 0 saturated carbocycles. The van der Waals surface area contributed by atoms with Crippen LogP contribution in [-0.4, -0.2) is 29.0 Å². The first-order chi connectivity index (χ1) is 6.34. The first kappa shape index (κ1) is 11.4. The average Bonchev–Trinajstić information content (AvgIpc) is 2.53. The molecule has 4 heteroatoms. The molecule has 1 aliphatic rings. The van der Waals surface area contributed by atoms with Crippen molar-refractivity contribution < 1.29 is 0 Å². The van der Waals surface area contributed by atoms with Crippen LogP contribution in [0, 0.1) is 0 Å². The fourth-order valence-corrected chi connectivity index (χ4v) is 1.75. The molecule has 1 aliphatic heterocycles. The molecule has 1 aromatic heterocycles. The molecule has 2 N–H and O–H groups in total. The topological polar surface area (TPSA) is 42.1 Å². The third-order valence-electron chi connectivity index (χ3n) is 2.46. The maximum Gasteiger partial charge on any atom is 0.0271 e. The number of rotatable bonds is 2. The molecule has 1 saturated heterocycles. The summed E-state index contributed by atoms with van der Waals surface area (Å²) < 4.78 is 0. The number of pyridine rings is 1. The highest BCUT2D eigenvalue weighted by molar-refractivity contribution is 5.85. The summed E-state index contributed by atoms with van der Waals surface area (Å²) in [5.74, 6) is 0. The van der Waals surface area contributed by atoms with Gasteiger partial charge in [-0.2, -0.15) is 0 Å². The number of likely N-dealkylation sites (tertiary alicyclic amines) is 1. The molecular weight excluding hydrogens is 198 g/mol. The van der Waals surface area contributed by atoms with Crippen molar-refractivity contribution in [3.8, 4) is 0 Å². The Balaban J connectivity index is 0.000000980. The number of aromatic nitrogens is 1. The van der Waals surface area contributed by atoms with Crippen LogP contribution in [0.1, 0.15) is 12.0 Å². The van der Waals surface area contributed by atoms with Crippen molar-refractivity contribution in [2.45, 2.75) is 19.0 Å². The molecule has 3 nitrogen and oxygen atoms in total. The first-order valence-corrected chi connectivity index (χ1v) is 4.71. The maximum atomic E-state index is 5.82. The van der Waals surface area contributed by atoms with E-state index in [1.54, 1.807) is 0 Å². The normalized spacial score (nSPS) is 21.9. The van der Waals surface area contributed by atoms with Crippen molar-refractivity contribution >= 4 is 12.4 Å². The van der Waals surface area contributed by atoms with Crippen LogP contribution in [-0.2, 0) is 6.54 Å². The molecule has 1 fully saturated rings. The van der Waals surface area contributed by atoms with Gasteiger partial charge in [-0.3, -0.25) is 9.88 Å². The van der Waals surface area contributed by atoms with Gasteiger partial charge < -0.3 is 5.73 Å². The van der Waals surface area contributed by atoms with Crippen LogP contribution < -0.4 is 5.73 Å². The molecule has 0 spiro atoms. The van der Waals surface area contributed by atoms with Crippen LogP contribution in [0.2, 0.25) is 0 Å². The largest absolute Gasteiger partial charge is 0.326 e. The maximum absolute atomic E-state index is 5.82. The Bertz CT molecular complexity index is 265. The van der Waals surface area contributed by atoms with Crippen molar-refractivity contribution in [3.05, 3.63) is 30.1 Å². The Morgan fingerprint density at radius 3 is 2.71 bits per heavy atom. The van der Waals surface area contributed by atoms with E-state index in [0.717, 1.165) is 26.1 Å². The number of hydrogen-bond donors (Lipinski definition) is 1. The minimum absolute atomic E-state index is 0. The zero-order valence-electron chi connectivity index (χ0n) is 8.10. The van der Waals surface area contributed by atoms with Gasteiger partial charge in [-0.05, 0) is 24.1 Å². The van der Waals surface area contributed by atoms with Crippen molar-refractivity contribution in [2.24, 2.45) is 5.73 Å². The SMILES string of the molecule is Cl.N[C@H]1CCN(Cc2ccncc2)C1. The number of hydrogen-bond acceptors (Lipinski definition) is 3. The van der Waals surface area contributed by atoms with Gasteiger partial charge in [0.2, 0.25) is 0 Å². The minimum atomic E-state index is 0. The Morgan fingerprint density at radius 2 is 2.14 bits per heavy atom. The van der Waals surface area contributed by atoms with E-state index in [2.05, 4.69) is 22.0 Å². The molecule has 2 rings (SSSR count). The molecule has 0 radical (unpaired) electrons. The Morgan fingerprint density at radius 1 is 1.43 bits per heavy atom. The van der Waals surface area contributed by atoms with E-state index in [4.69, 9.17) is 5.73 Å². The lowest BCUT2D eigenvalue weighted by Gasteiger charge is -2.14. The van der Waals surface area contributed by atoms with Gasteiger partial charge >= 0.3 is 0 Å². The summed E-state index contributed by atoms with van der Waals surface area (Å²) in [6.07, 6.45) is 4.81. The van der Waals surface area contributed by atoms with Crippen molar-refractivity contribution in [2.75, 3.05) is 13.1 Å². The molecule has 0 aliphatic carbocycles. The Kier molecular flexibility index (Phi) is 4.32. The average molecular weight is 214 g/mol. The molecular formula is C10H16ClN3. The molecule has 0 bridgehead atoms. The standard InChI is InChI=1S/C10H15N3.ClH/c11-10-3-6-13(8-10)7-9-1-4-12-5-2-9;/h1-2,4-5,10H,3,6-8,11H2;1H/t10-;/m0./s1. The van der Waals surface area contributed by atoms with E-state index in [-0.39, 0.29) is 12.4 Å². The second-order valence-corrected chi connectivity index (χ2v) is 3.64. The van der Waals surface area contributed by atoms with E-state index in [1.165, 1.54) is 5.56 Å². The summed E-state index contributed by atoms with van der Waals surface area (Å²) in [6, 6.07) is 4.50. The molecule has 1 atom stereocenters. The second kappa shape index (κ2) is 5.29. The van der Waals surface area contributed by atoms with Crippen LogP contribution in [0.5, 0.6) is 0 Å². The van der Waals surface area contributed by atoms with Crippen LogP contribution in [0.3, 0.4) is 0 Å². The fraction of sp³-hybridized carbons (Fsp3) is 0.500. The third kappa shape index (κ3) is 2.94. The van der Waals surface area contributed by atoms with Crippen LogP contribution in [0.25, 0.3) is 0 Å². The molecule has 2 heterocycles. The van der Waals surface area contributed by atoms with Gasteiger partial charge in [0.05, 0.1) is 0 Å². The van der Waals surface area contributed by atoms with Gasteiger partial charge in [0.25, 0.3) is 0 Å². The minimum Gasteiger partial charge on any atom is -0.326 e. The Labute approximate surface area is 90.7 Å². The van der Waals surface area contributed by atoms with Crippen LogP contribution in [0.4, 0.5) is 0 Å². The highest BCUT2D eigenvalue weighted by Crippen LogP contribution is 2.10. The van der Waals surface area contributed by atoms with Crippen molar-refractivity contribution in [3.63, 3.8) is 0 Å². The molecule has 14 heavy (non-hydrogen) atoms. The molecule has 1 aromatic rings. The van der Waals surface area contributed by atoms with Gasteiger partial charge in [-0.15, -0.1) is 12.4 Å². The summed E-state index contributed by atoms with van der Waals surface area (Å²) in [5.41, 5.74) is 7.15. The van der Waals surface area contributed by atoms with E-state index >= 15 is 0 Å². The van der Waals surface area contributed by atoms with Gasteiger partial charge in [-0.25, -0.2) is 0 Å².